The number of carbonyl (C=O) groups excluding carboxylic acids is 1. The Labute approximate surface area is 115 Å². The van der Waals surface area contributed by atoms with E-state index in [9.17, 15) is 4.79 Å². The second kappa shape index (κ2) is 6.94. The first-order valence-electron chi connectivity index (χ1n) is 6.03. The molecule has 0 atom stereocenters. The Morgan fingerprint density at radius 1 is 1.32 bits per heavy atom. The van der Waals surface area contributed by atoms with Crippen LogP contribution in [0.15, 0.2) is 40.0 Å². The van der Waals surface area contributed by atoms with Gasteiger partial charge in [0.2, 0.25) is 11.8 Å². The smallest absolute Gasteiger partial charge is 0.277 e. The van der Waals surface area contributed by atoms with Crippen LogP contribution in [-0.2, 0) is 17.8 Å². The lowest BCUT2D eigenvalue weighted by molar-refractivity contribution is -0.118. The first kappa shape index (κ1) is 13.6. The third-order valence-electron chi connectivity index (χ3n) is 2.41. The van der Waals surface area contributed by atoms with Crippen molar-refractivity contribution in [2.24, 2.45) is 0 Å². The molecule has 100 valence electrons. The van der Waals surface area contributed by atoms with Crippen molar-refractivity contribution < 1.29 is 9.21 Å². The number of carbonyl (C=O) groups is 1. The van der Waals surface area contributed by atoms with E-state index in [2.05, 4.69) is 15.5 Å². The maximum atomic E-state index is 11.6. The molecule has 2 aromatic rings. The molecule has 0 saturated heterocycles. The monoisotopic (exact) mass is 277 g/mol. The van der Waals surface area contributed by atoms with Gasteiger partial charge in [-0.15, -0.1) is 10.2 Å². The number of hydrogen-bond donors (Lipinski definition) is 1. The lowest BCUT2D eigenvalue weighted by Crippen LogP contribution is -2.24. The summed E-state index contributed by atoms with van der Waals surface area (Å²) in [7, 11) is 0. The van der Waals surface area contributed by atoms with Crippen LogP contribution in [-0.4, -0.2) is 21.9 Å². The average Bonchev–Trinajstić information content (AvgIpc) is 2.92. The fourth-order valence-electron chi connectivity index (χ4n) is 1.41. The van der Waals surface area contributed by atoms with Gasteiger partial charge in [-0.1, -0.05) is 49.0 Å². The van der Waals surface area contributed by atoms with Gasteiger partial charge in [0.25, 0.3) is 5.22 Å². The van der Waals surface area contributed by atoms with E-state index in [1.165, 1.54) is 11.8 Å². The minimum atomic E-state index is -0.0508. The fraction of sp³-hybridized carbons (Fsp3) is 0.308. The highest BCUT2D eigenvalue weighted by Gasteiger charge is 2.08. The molecule has 1 N–H and O–H groups in total. The fourth-order valence-corrected chi connectivity index (χ4v) is 2.02. The highest BCUT2D eigenvalue weighted by molar-refractivity contribution is 7.99. The van der Waals surface area contributed by atoms with Crippen LogP contribution >= 0.6 is 11.8 Å². The van der Waals surface area contributed by atoms with E-state index in [-0.39, 0.29) is 11.7 Å². The second-order valence-corrected chi connectivity index (χ2v) is 4.79. The molecule has 6 heteroatoms. The number of aryl methyl sites for hydroxylation is 1. The Morgan fingerprint density at radius 2 is 2.11 bits per heavy atom. The van der Waals surface area contributed by atoms with E-state index < -0.39 is 0 Å². The van der Waals surface area contributed by atoms with Crippen LogP contribution < -0.4 is 5.32 Å². The maximum Gasteiger partial charge on any atom is 0.277 e. The summed E-state index contributed by atoms with van der Waals surface area (Å²) in [6.07, 6.45) is 0.702. The van der Waals surface area contributed by atoms with Crippen LogP contribution in [0.5, 0.6) is 0 Å². The van der Waals surface area contributed by atoms with E-state index in [0.717, 1.165) is 5.56 Å². The molecule has 1 heterocycles. The van der Waals surface area contributed by atoms with E-state index in [1.807, 2.05) is 37.3 Å². The lowest BCUT2D eigenvalue weighted by atomic mass is 10.2. The van der Waals surface area contributed by atoms with Gasteiger partial charge in [0.1, 0.15) is 0 Å². The molecule has 0 aliphatic carbocycles. The Kier molecular flexibility index (Phi) is 4.97. The zero-order valence-electron chi connectivity index (χ0n) is 10.6. The minimum Gasteiger partial charge on any atom is -0.416 e. The van der Waals surface area contributed by atoms with Crippen molar-refractivity contribution in [1.82, 2.24) is 15.5 Å². The standard InChI is InChI=1S/C13H15N3O2S/c1-2-12-15-16-13(18-12)19-9-11(17)14-8-10-6-4-3-5-7-10/h3-7H,2,8-9H2,1H3,(H,14,17). The quantitative estimate of drug-likeness (QED) is 0.818. The molecule has 0 bridgehead atoms. The molecule has 0 aliphatic rings. The van der Waals surface area contributed by atoms with Crippen molar-refractivity contribution in [3.63, 3.8) is 0 Å². The summed E-state index contributed by atoms with van der Waals surface area (Å²) >= 11 is 1.25. The molecule has 0 radical (unpaired) electrons. The van der Waals surface area contributed by atoms with Crippen LogP contribution in [0.4, 0.5) is 0 Å². The first-order chi connectivity index (χ1) is 9.28. The molecule has 2 rings (SSSR count). The maximum absolute atomic E-state index is 11.6. The average molecular weight is 277 g/mol. The summed E-state index contributed by atoms with van der Waals surface area (Å²) in [6.45, 7) is 2.47. The molecule has 1 aromatic heterocycles. The van der Waals surface area contributed by atoms with Crippen molar-refractivity contribution in [1.29, 1.82) is 0 Å². The SMILES string of the molecule is CCc1nnc(SCC(=O)NCc2ccccc2)o1. The van der Waals surface area contributed by atoms with Gasteiger partial charge in [-0.25, -0.2) is 0 Å². The normalized spacial score (nSPS) is 10.4. The highest BCUT2D eigenvalue weighted by atomic mass is 32.2. The van der Waals surface area contributed by atoms with Gasteiger partial charge in [-0.2, -0.15) is 0 Å². The predicted octanol–water partition coefficient (Wildman–Crippen LogP) is 2.04. The molecule has 19 heavy (non-hydrogen) atoms. The minimum absolute atomic E-state index is 0.0508. The van der Waals surface area contributed by atoms with Gasteiger partial charge in [0, 0.05) is 13.0 Å². The molecule has 0 saturated carbocycles. The van der Waals surface area contributed by atoms with Gasteiger partial charge < -0.3 is 9.73 Å². The number of rotatable bonds is 6. The number of aromatic nitrogens is 2. The summed E-state index contributed by atoms with van der Waals surface area (Å²) in [5.41, 5.74) is 1.08. The molecule has 0 aliphatic heterocycles. The zero-order chi connectivity index (χ0) is 13.5. The third-order valence-corrected chi connectivity index (χ3v) is 3.23. The van der Waals surface area contributed by atoms with Gasteiger partial charge in [-0.3, -0.25) is 4.79 Å². The topological polar surface area (TPSA) is 68.0 Å². The Morgan fingerprint density at radius 3 is 2.79 bits per heavy atom. The van der Waals surface area contributed by atoms with Crippen LogP contribution in [0, 0.1) is 0 Å². The van der Waals surface area contributed by atoms with Gasteiger partial charge >= 0.3 is 0 Å². The zero-order valence-corrected chi connectivity index (χ0v) is 11.4. The van der Waals surface area contributed by atoms with Gasteiger partial charge in [0.15, 0.2) is 0 Å². The van der Waals surface area contributed by atoms with Crippen molar-refractivity contribution in [3.05, 3.63) is 41.8 Å². The summed E-state index contributed by atoms with van der Waals surface area (Å²) in [6, 6.07) is 9.78. The third kappa shape index (κ3) is 4.40. The molecule has 0 fully saturated rings. The van der Waals surface area contributed by atoms with Crippen LogP contribution in [0.2, 0.25) is 0 Å². The first-order valence-corrected chi connectivity index (χ1v) is 7.02. The van der Waals surface area contributed by atoms with E-state index in [1.54, 1.807) is 0 Å². The molecular weight excluding hydrogens is 262 g/mol. The van der Waals surface area contributed by atoms with Crippen LogP contribution in [0.25, 0.3) is 0 Å². The number of hydrogen-bond acceptors (Lipinski definition) is 5. The Balaban J connectivity index is 1.73. The molecular formula is C13H15N3O2S. The number of nitrogens with one attached hydrogen (secondary N) is 1. The summed E-state index contributed by atoms with van der Waals surface area (Å²) in [4.78, 5) is 11.6. The van der Waals surface area contributed by atoms with Crippen molar-refractivity contribution in [3.8, 4) is 0 Å². The van der Waals surface area contributed by atoms with Crippen molar-refractivity contribution in [2.75, 3.05) is 5.75 Å². The predicted molar refractivity (Wildman–Crippen MR) is 72.7 cm³/mol. The number of benzene rings is 1. The molecule has 5 nitrogen and oxygen atoms in total. The molecule has 1 aromatic carbocycles. The lowest BCUT2D eigenvalue weighted by Gasteiger charge is -2.03. The molecule has 1 amide bonds. The molecule has 0 spiro atoms. The van der Waals surface area contributed by atoms with Crippen molar-refractivity contribution in [2.45, 2.75) is 25.1 Å². The summed E-state index contributed by atoms with van der Waals surface area (Å²) in [5.74, 6) is 0.815. The van der Waals surface area contributed by atoms with Gasteiger partial charge in [-0.05, 0) is 5.56 Å². The van der Waals surface area contributed by atoms with E-state index >= 15 is 0 Å². The molecule has 0 unspecified atom stereocenters. The highest BCUT2D eigenvalue weighted by Crippen LogP contribution is 2.15. The summed E-state index contributed by atoms with van der Waals surface area (Å²) in [5, 5.41) is 11.0. The van der Waals surface area contributed by atoms with E-state index in [4.69, 9.17) is 4.42 Å². The number of amides is 1. The van der Waals surface area contributed by atoms with Crippen LogP contribution in [0.3, 0.4) is 0 Å². The Bertz CT molecular complexity index is 528. The van der Waals surface area contributed by atoms with Crippen LogP contribution in [0.1, 0.15) is 18.4 Å². The number of nitrogens with zero attached hydrogens (tertiary/aromatic N) is 2. The van der Waals surface area contributed by atoms with E-state index in [0.29, 0.717) is 24.1 Å². The second-order valence-electron chi connectivity index (χ2n) is 3.87. The summed E-state index contributed by atoms with van der Waals surface area (Å²) < 4.78 is 5.31. The largest absolute Gasteiger partial charge is 0.416 e. The Hall–Kier alpha value is -1.82. The van der Waals surface area contributed by atoms with Crippen molar-refractivity contribution >= 4 is 17.7 Å². The number of thioether (sulfide) groups is 1. The van der Waals surface area contributed by atoms with Gasteiger partial charge in [0.05, 0.1) is 5.75 Å².